The average Bonchev–Trinajstić information content (AvgIpc) is 2.68. The summed E-state index contributed by atoms with van der Waals surface area (Å²) in [7, 11) is 0. The molecule has 1 aliphatic rings. The fourth-order valence-electron chi connectivity index (χ4n) is 3.44. The maximum atomic E-state index is 11.7. The molecule has 2 aromatic carbocycles. The predicted molar refractivity (Wildman–Crippen MR) is 111 cm³/mol. The number of rotatable bonds is 5. The molecule has 3 rings (SSSR count). The van der Waals surface area contributed by atoms with Gasteiger partial charge in [-0.1, -0.05) is 6.07 Å². The number of aromatic hydroxyl groups is 1. The maximum Gasteiger partial charge on any atom is 0.308 e. The molecule has 0 aliphatic carbocycles. The highest BCUT2D eigenvalue weighted by Crippen LogP contribution is 2.44. The summed E-state index contributed by atoms with van der Waals surface area (Å²) in [6.45, 7) is 4.86. The van der Waals surface area contributed by atoms with Crippen LogP contribution in [0.4, 0.5) is 0 Å². The van der Waals surface area contributed by atoms with Gasteiger partial charge in [-0.2, -0.15) is 0 Å². The van der Waals surface area contributed by atoms with Gasteiger partial charge in [0.25, 0.3) is 0 Å². The van der Waals surface area contributed by atoms with Gasteiger partial charge >= 0.3 is 23.9 Å². The lowest BCUT2D eigenvalue weighted by Gasteiger charge is -2.34. The normalized spacial score (nSPS) is 16.6. The number of hydrogen-bond donors (Lipinski definition) is 1. The molecule has 0 amide bonds. The molecular weight excluding hydrogens is 436 g/mol. The van der Waals surface area contributed by atoms with Crippen LogP contribution in [0.25, 0.3) is 0 Å². The van der Waals surface area contributed by atoms with E-state index in [1.165, 1.54) is 52.0 Å². The Morgan fingerprint density at radius 3 is 2.09 bits per heavy atom. The second-order valence-electron chi connectivity index (χ2n) is 7.30. The van der Waals surface area contributed by atoms with Crippen LogP contribution in [0, 0.1) is 0 Å². The Labute approximate surface area is 189 Å². The van der Waals surface area contributed by atoms with Crippen LogP contribution < -0.4 is 18.9 Å². The van der Waals surface area contributed by atoms with Crippen molar-refractivity contribution in [3.8, 4) is 28.7 Å². The molecule has 0 spiro atoms. The Balaban J connectivity index is 2.05. The van der Waals surface area contributed by atoms with E-state index in [1.54, 1.807) is 6.07 Å². The summed E-state index contributed by atoms with van der Waals surface area (Å²) in [4.78, 5) is 46.0. The molecule has 2 aromatic rings. The molecule has 1 heterocycles. The first-order valence-electron chi connectivity index (χ1n) is 9.92. The van der Waals surface area contributed by atoms with Gasteiger partial charge in [0.1, 0.15) is 23.4 Å². The van der Waals surface area contributed by atoms with Gasteiger partial charge in [0.15, 0.2) is 17.6 Å². The molecule has 1 aliphatic heterocycles. The van der Waals surface area contributed by atoms with Crippen molar-refractivity contribution in [2.24, 2.45) is 0 Å². The number of esters is 4. The molecular formula is C23H22O10. The molecule has 0 fully saturated rings. The Kier molecular flexibility index (Phi) is 6.86. The van der Waals surface area contributed by atoms with Crippen molar-refractivity contribution in [3.63, 3.8) is 0 Å². The Morgan fingerprint density at radius 2 is 1.48 bits per heavy atom. The largest absolute Gasteiger partial charge is 0.507 e. The van der Waals surface area contributed by atoms with Crippen molar-refractivity contribution in [2.75, 3.05) is 0 Å². The molecule has 0 saturated heterocycles. The number of benzene rings is 2. The highest BCUT2D eigenvalue weighted by atomic mass is 16.6. The van der Waals surface area contributed by atoms with Crippen molar-refractivity contribution in [1.82, 2.24) is 0 Å². The molecule has 33 heavy (non-hydrogen) atoms. The van der Waals surface area contributed by atoms with E-state index in [-0.39, 0.29) is 35.2 Å². The number of fused-ring (bicyclic) bond motifs is 1. The summed E-state index contributed by atoms with van der Waals surface area (Å²) in [5, 5.41) is 10.4. The van der Waals surface area contributed by atoms with Gasteiger partial charge in [-0.25, -0.2) is 0 Å². The second kappa shape index (κ2) is 9.60. The zero-order valence-electron chi connectivity index (χ0n) is 18.4. The highest BCUT2D eigenvalue weighted by molar-refractivity contribution is 5.74. The van der Waals surface area contributed by atoms with Crippen LogP contribution in [-0.2, 0) is 30.3 Å². The summed E-state index contributed by atoms with van der Waals surface area (Å²) >= 11 is 0. The van der Waals surface area contributed by atoms with Gasteiger partial charge in [-0.05, 0) is 12.1 Å². The van der Waals surface area contributed by atoms with Gasteiger partial charge in [0, 0.05) is 57.4 Å². The van der Waals surface area contributed by atoms with E-state index in [2.05, 4.69) is 0 Å². The number of ether oxygens (including phenoxy) is 5. The first kappa shape index (κ1) is 23.6. The van der Waals surface area contributed by atoms with Crippen LogP contribution in [-0.4, -0.2) is 35.1 Å². The third-order valence-electron chi connectivity index (χ3n) is 4.54. The van der Waals surface area contributed by atoms with Crippen molar-refractivity contribution >= 4 is 23.9 Å². The monoisotopic (exact) mass is 458 g/mol. The smallest absolute Gasteiger partial charge is 0.308 e. The van der Waals surface area contributed by atoms with Crippen molar-refractivity contribution in [3.05, 3.63) is 41.5 Å². The Morgan fingerprint density at radius 1 is 0.848 bits per heavy atom. The standard InChI is InChI=1S/C23H22O10/c1-11(24)29-16-8-18(28)17-10-22(32-14(4)27)23(33-20(17)9-16)15-5-6-19(30-12(2)25)21(7-15)31-13(3)26/h5-9,22-23,28H,10H2,1-4H3/t22-,23-/m1/s1. The van der Waals surface area contributed by atoms with Crippen LogP contribution in [0.3, 0.4) is 0 Å². The molecule has 10 nitrogen and oxygen atoms in total. The number of hydrogen-bond acceptors (Lipinski definition) is 10. The maximum absolute atomic E-state index is 11.7. The minimum Gasteiger partial charge on any atom is -0.507 e. The average molecular weight is 458 g/mol. The number of carbonyl (C=O) groups is 4. The fourth-order valence-corrected chi connectivity index (χ4v) is 3.44. The third-order valence-corrected chi connectivity index (χ3v) is 4.54. The van der Waals surface area contributed by atoms with Crippen LogP contribution in [0.1, 0.15) is 44.9 Å². The van der Waals surface area contributed by atoms with Crippen LogP contribution >= 0.6 is 0 Å². The molecule has 174 valence electrons. The van der Waals surface area contributed by atoms with E-state index in [1.807, 2.05) is 0 Å². The molecule has 0 bridgehead atoms. The lowest BCUT2D eigenvalue weighted by Crippen LogP contribution is -2.34. The quantitative estimate of drug-likeness (QED) is 0.526. The fraction of sp³-hybridized carbons (Fsp3) is 0.304. The molecule has 0 aromatic heterocycles. The second-order valence-corrected chi connectivity index (χ2v) is 7.30. The van der Waals surface area contributed by atoms with E-state index in [0.29, 0.717) is 11.1 Å². The molecule has 10 heteroatoms. The summed E-state index contributed by atoms with van der Waals surface area (Å²) in [6.07, 6.45) is -1.63. The van der Waals surface area contributed by atoms with E-state index in [0.717, 1.165) is 0 Å². The zero-order valence-corrected chi connectivity index (χ0v) is 18.4. The molecule has 0 saturated carbocycles. The van der Waals surface area contributed by atoms with Crippen LogP contribution in [0.2, 0.25) is 0 Å². The molecule has 1 N–H and O–H groups in total. The summed E-state index contributed by atoms with van der Waals surface area (Å²) in [5.74, 6) is -2.28. The highest BCUT2D eigenvalue weighted by Gasteiger charge is 2.36. The lowest BCUT2D eigenvalue weighted by molar-refractivity contribution is -0.152. The van der Waals surface area contributed by atoms with E-state index in [4.69, 9.17) is 23.7 Å². The summed E-state index contributed by atoms with van der Waals surface area (Å²) < 4.78 is 26.8. The Bertz CT molecular complexity index is 1120. The summed E-state index contributed by atoms with van der Waals surface area (Å²) in [6, 6.07) is 7.12. The minimum absolute atomic E-state index is 0.0245. The first-order chi connectivity index (χ1) is 15.5. The first-order valence-corrected chi connectivity index (χ1v) is 9.92. The van der Waals surface area contributed by atoms with E-state index >= 15 is 0 Å². The zero-order chi connectivity index (χ0) is 24.3. The summed E-state index contributed by atoms with van der Waals surface area (Å²) in [5.41, 5.74) is 0.807. The van der Waals surface area contributed by atoms with Gasteiger partial charge < -0.3 is 28.8 Å². The van der Waals surface area contributed by atoms with Gasteiger partial charge in [0.05, 0.1) is 0 Å². The number of phenols is 1. The molecule has 0 unspecified atom stereocenters. The SMILES string of the molecule is CC(=O)Oc1cc(O)c2c(c1)O[C@H](c1ccc(OC(C)=O)c(OC(C)=O)c1)[C@H](OC(C)=O)C2. The molecule has 2 atom stereocenters. The Hall–Kier alpha value is -4.08. The third kappa shape index (κ3) is 5.79. The van der Waals surface area contributed by atoms with Crippen LogP contribution in [0.15, 0.2) is 30.3 Å². The van der Waals surface area contributed by atoms with Gasteiger partial charge in [0.2, 0.25) is 0 Å². The van der Waals surface area contributed by atoms with Gasteiger partial charge in [-0.15, -0.1) is 0 Å². The van der Waals surface area contributed by atoms with E-state index < -0.39 is 36.1 Å². The van der Waals surface area contributed by atoms with Crippen molar-refractivity contribution in [1.29, 1.82) is 0 Å². The van der Waals surface area contributed by atoms with Crippen molar-refractivity contribution < 1.29 is 48.0 Å². The lowest BCUT2D eigenvalue weighted by atomic mass is 9.93. The van der Waals surface area contributed by atoms with Crippen molar-refractivity contribution in [2.45, 2.75) is 46.3 Å². The van der Waals surface area contributed by atoms with E-state index in [9.17, 15) is 24.3 Å². The van der Waals surface area contributed by atoms with Gasteiger partial charge in [-0.3, -0.25) is 19.2 Å². The molecule has 0 radical (unpaired) electrons. The minimum atomic E-state index is -0.880. The predicted octanol–water partition coefficient (Wildman–Crippen LogP) is 2.78. The van der Waals surface area contributed by atoms with Crippen LogP contribution in [0.5, 0.6) is 28.7 Å². The number of phenolic OH excluding ortho intramolecular Hbond substituents is 1. The number of carbonyl (C=O) groups excluding carboxylic acids is 4. The topological polar surface area (TPSA) is 135 Å².